The van der Waals surface area contributed by atoms with E-state index in [0.717, 1.165) is 0 Å². The number of ether oxygens (including phenoxy) is 1. The average Bonchev–Trinajstić information content (AvgIpc) is 2.26. The van der Waals surface area contributed by atoms with Gasteiger partial charge < -0.3 is 4.74 Å². The largest absolute Gasteiger partial charge is 0.493 e. The standard InChI is InChI=1S/C9H7BrF2N2O/c1-15-8-6(3-13)5(2-10)4-14-7(8)9(11)12/h4,9H,2H2,1H3. The molecule has 6 heteroatoms. The minimum Gasteiger partial charge on any atom is -0.493 e. The molecule has 0 aliphatic heterocycles. The van der Waals surface area contributed by atoms with Gasteiger partial charge in [-0.1, -0.05) is 15.9 Å². The van der Waals surface area contributed by atoms with Gasteiger partial charge in [0.2, 0.25) is 0 Å². The lowest BCUT2D eigenvalue weighted by molar-refractivity contribution is 0.141. The van der Waals surface area contributed by atoms with Crippen molar-refractivity contribution in [1.82, 2.24) is 4.98 Å². The molecule has 0 spiro atoms. The highest BCUT2D eigenvalue weighted by molar-refractivity contribution is 9.08. The van der Waals surface area contributed by atoms with Gasteiger partial charge in [-0.3, -0.25) is 4.98 Å². The molecule has 0 aromatic carbocycles. The fourth-order valence-corrected chi connectivity index (χ4v) is 1.56. The van der Waals surface area contributed by atoms with Crippen LogP contribution in [0.2, 0.25) is 0 Å². The van der Waals surface area contributed by atoms with E-state index in [4.69, 9.17) is 10.00 Å². The van der Waals surface area contributed by atoms with Crippen LogP contribution in [0.1, 0.15) is 23.2 Å². The molecule has 0 aliphatic rings. The second-order valence-electron chi connectivity index (χ2n) is 2.62. The third-order valence-corrected chi connectivity index (χ3v) is 2.41. The molecule has 0 saturated carbocycles. The van der Waals surface area contributed by atoms with Crippen LogP contribution in [0.25, 0.3) is 0 Å². The summed E-state index contributed by atoms with van der Waals surface area (Å²) in [7, 11) is 1.24. The fraction of sp³-hybridized carbons (Fsp3) is 0.333. The van der Waals surface area contributed by atoms with E-state index < -0.39 is 12.1 Å². The third-order valence-electron chi connectivity index (χ3n) is 1.81. The average molecular weight is 277 g/mol. The maximum atomic E-state index is 12.5. The van der Waals surface area contributed by atoms with Crippen molar-refractivity contribution in [3.8, 4) is 11.8 Å². The molecule has 0 fully saturated rings. The Morgan fingerprint density at radius 1 is 1.67 bits per heavy atom. The van der Waals surface area contributed by atoms with Gasteiger partial charge in [-0.05, 0) is 0 Å². The number of aromatic nitrogens is 1. The highest BCUT2D eigenvalue weighted by Gasteiger charge is 2.21. The van der Waals surface area contributed by atoms with Crippen molar-refractivity contribution in [1.29, 1.82) is 5.26 Å². The molecule has 3 nitrogen and oxygen atoms in total. The van der Waals surface area contributed by atoms with Crippen molar-refractivity contribution >= 4 is 15.9 Å². The molecule has 0 atom stereocenters. The van der Waals surface area contributed by atoms with Crippen molar-refractivity contribution in [2.24, 2.45) is 0 Å². The quantitative estimate of drug-likeness (QED) is 0.798. The third kappa shape index (κ3) is 2.23. The summed E-state index contributed by atoms with van der Waals surface area (Å²) in [5.41, 5.74) is 0.122. The van der Waals surface area contributed by atoms with Crippen LogP contribution >= 0.6 is 15.9 Å². The monoisotopic (exact) mass is 276 g/mol. The minimum absolute atomic E-state index is 0.0969. The van der Waals surface area contributed by atoms with Crippen LogP contribution in [0, 0.1) is 11.3 Å². The second-order valence-corrected chi connectivity index (χ2v) is 3.18. The Kier molecular flexibility index (Phi) is 3.97. The number of pyridine rings is 1. The molecular weight excluding hydrogens is 270 g/mol. The summed E-state index contributed by atoms with van der Waals surface area (Å²) in [6.45, 7) is 0. The highest BCUT2D eigenvalue weighted by atomic mass is 79.9. The molecule has 0 bridgehead atoms. The maximum Gasteiger partial charge on any atom is 0.284 e. The van der Waals surface area contributed by atoms with Crippen molar-refractivity contribution in [3.63, 3.8) is 0 Å². The van der Waals surface area contributed by atoms with Crippen LogP contribution in [-0.4, -0.2) is 12.1 Å². The molecule has 1 aromatic rings. The van der Waals surface area contributed by atoms with E-state index in [1.807, 2.05) is 6.07 Å². The van der Waals surface area contributed by atoms with Gasteiger partial charge in [0.1, 0.15) is 17.3 Å². The molecular formula is C9H7BrF2N2O. The van der Waals surface area contributed by atoms with Gasteiger partial charge in [-0.2, -0.15) is 5.26 Å². The van der Waals surface area contributed by atoms with Gasteiger partial charge in [0.05, 0.1) is 7.11 Å². The SMILES string of the molecule is COc1c(C(F)F)ncc(CBr)c1C#N. The van der Waals surface area contributed by atoms with E-state index in [1.165, 1.54) is 13.3 Å². The van der Waals surface area contributed by atoms with Crippen LogP contribution in [0.5, 0.6) is 5.75 Å². The number of halogens is 3. The molecule has 0 amide bonds. The molecule has 15 heavy (non-hydrogen) atoms. The minimum atomic E-state index is -2.75. The van der Waals surface area contributed by atoms with Gasteiger partial charge in [0.25, 0.3) is 6.43 Å². The molecule has 0 radical (unpaired) electrons. The van der Waals surface area contributed by atoms with Crippen LogP contribution < -0.4 is 4.74 Å². The van der Waals surface area contributed by atoms with Crippen LogP contribution in [0.15, 0.2) is 6.20 Å². The Hall–Kier alpha value is -1.22. The summed E-state index contributed by atoms with van der Waals surface area (Å²) in [4.78, 5) is 3.57. The van der Waals surface area contributed by atoms with E-state index in [-0.39, 0.29) is 11.3 Å². The Labute approximate surface area is 93.8 Å². The lowest BCUT2D eigenvalue weighted by atomic mass is 10.1. The van der Waals surface area contributed by atoms with E-state index in [1.54, 1.807) is 0 Å². The first-order chi connectivity index (χ1) is 7.15. The zero-order valence-corrected chi connectivity index (χ0v) is 9.38. The van der Waals surface area contributed by atoms with Crippen LogP contribution in [-0.2, 0) is 5.33 Å². The van der Waals surface area contributed by atoms with Crippen molar-refractivity contribution < 1.29 is 13.5 Å². The second kappa shape index (κ2) is 5.03. The summed E-state index contributed by atoms with van der Waals surface area (Å²) in [5, 5.41) is 9.21. The lowest BCUT2D eigenvalue weighted by Gasteiger charge is -2.10. The Balaban J connectivity index is 3.43. The predicted molar refractivity (Wildman–Crippen MR) is 53.1 cm³/mol. The topological polar surface area (TPSA) is 45.9 Å². The van der Waals surface area contributed by atoms with Crippen molar-refractivity contribution in [2.75, 3.05) is 7.11 Å². The number of nitrogens with zero attached hydrogens (tertiary/aromatic N) is 2. The summed E-state index contributed by atoms with van der Waals surface area (Å²) >= 11 is 3.14. The van der Waals surface area contributed by atoms with Crippen molar-refractivity contribution in [3.05, 3.63) is 23.0 Å². The summed E-state index contributed by atoms with van der Waals surface area (Å²) in [5.74, 6) is -0.149. The van der Waals surface area contributed by atoms with E-state index in [0.29, 0.717) is 10.9 Å². The number of hydrogen-bond donors (Lipinski definition) is 0. The summed E-state index contributed by atoms with van der Waals surface area (Å²) in [6, 6.07) is 1.83. The van der Waals surface area contributed by atoms with Gasteiger partial charge in [-0.15, -0.1) is 0 Å². The molecule has 1 rings (SSSR count). The van der Waals surface area contributed by atoms with E-state index >= 15 is 0 Å². The van der Waals surface area contributed by atoms with Crippen molar-refractivity contribution in [2.45, 2.75) is 11.8 Å². The first kappa shape index (κ1) is 11.9. The van der Waals surface area contributed by atoms with Gasteiger partial charge in [-0.25, -0.2) is 8.78 Å². The fourth-order valence-electron chi connectivity index (χ4n) is 1.13. The molecule has 0 saturated heterocycles. The van der Waals surface area contributed by atoms with E-state index in [9.17, 15) is 8.78 Å². The van der Waals surface area contributed by atoms with E-state index in [2.05, 4.69) is 20.9 Å². The Morgan fingerprint density at radius 3 is 2.73 bits per heavy atom. The van der Waals surface area contributed by atoms with Crippen LogP contribution in [0.3, 0.4) is 0 Å². The number of rotatable bonds is 3. The molecule has 0 N–H and O–H groups in total. The lowest BCUT2D eigenvalue weighted by Crippen LogP contribution is -2.02. The highest BCUT2D eigenvalue weighted by Crippen LogP contribution is 2.32. The zero-order chi connectivity index (χ0) is 11.4. The smallest absolute Gasteiger partial charge is 0.284 e. The predicted octanol–water partition coefficient (Wildman–Crippen LogP) is 2.79. The number of alkyl halides is 3. The Morgan fingerprint density at radius 2 is 2.33 bits per heavy atom. The first-order valence-electron chi connectivity index (χ1n) is 3.95. The molecule has 80 valence electrons. The number of hydrogen-bond acceptors (Lipinski definition) is 3. The number of methoxy groups -OCH3 is 1. The molecule has 0 aliphatic carbocycles. The first-order valence-corrected chi connectivity index (χ1v) is 5.07. The Bertz CT molecular complexity index is 404. The molecule has 1 heterocycles. The summed E-state index contributed by atoms with van der Waals surface area (Å²) < 4.78 is 29.8. The zero-order valence-electron chi connectivity index (χ0n) is 7.80. The van der Waals surface area contributed by atoms with Gasteiger partial charge in [0, 0.05) is 17.1 Å². The molecule has 0 unspecified atom stereocenters. The number of nitriles is 1. The maximum absolute atomic E-state index is 12.5. The van der Waals surface area contributed by atoms with Crippen LogP contribution in [0.4, 0.5) is 8.78 Å². The van der Waals surface area contributed by atoms with Gasteiger partial charge in [0.15, 0.2) is 5.75 Å². The summed E-state index contributed by atoms with van der Waals surface area (Å²) in [6.07, 6.45) is -1.51. The normalized spacial score (nSPS) is 10.1. The molecule has 1 aromatic heterocycles. The van der Waals surface area contributed by atoms with Gasteiger partial charge >= 0.3 is 0 Å².